The van der Waals surface area contributed by atoms with Crippen molar-refractivity contribution in [2.45, 2.75) is 96.4 Å². The normalized spacial score (nSPS) is 11.2. The van der Waals surface area contributed by atoms with Gasteiger partial charge in [0.05, 0.1) is 0 Å². The molecule has 0 bridgehead atoms. The molecule has 0 saturated heterocycles. The molecule has 0 aliphatic carbocycles. The number of ketones is 1. The zero-order valence-corrected chi connectivity index (χ0v) is 19.3. The van der Waals surface area contributed by atoms with Crippen LogP contribution in [0.2, 0.25) is 0 Å². The lowest BCUT2D eigenvalue weighted by Crippen LogP contribution is -2.48. The second-order valence-electron chi connectivity index (χ2n) is 8.53. The molecular formula is C25H37NO6. The van der Waals surface area contributed by atoms with E-state index in [4.69, 9.17) is 10.2 Å². The minimum absolute atomic E-state index is 0.128. The van der Waals surface area contributed by atoms with Gasteiger partial charge in [-0.3, -0.25) is 19.2 Å². The number of unbranched alkanes of at least 4 members (excludes halogenated alkanes) is 4. The van der Waals surface area contributed by atoms with E-state index in [1.165, 1.54) is 19.8 Å². The molecule has 0 aliphatic heterocycles. The molecule has 0 radical (unpaired) electrons. The summed E-state index contributed by atoms with van der Waals surface area (Å²) in [6.07, 6.45) is 6.96. The Morgan fingerprint density at radius 3 is 1.88 bits per heavy atom. The van der Waals surface area contributed by atoms with Crippen molar-refractivity contribution in [1.82, 2.24) is 5.32 Å². The van der Waals surface area contributed by atoms with E-state index in [2.05, 4.69) is 12.2 Å². The molecule has 32 heavy (non-hydrogen) atoms. The third-order valence-corrected chi connectivity index (χ3v) is 5.75. The quantitative estimate of drug-likeness (QED) is 0.234. The Kier molecular flexibility index (Phi) is 12.3. The van der Waals surface area contributed by atoms with E-state index in [0.29, 0.717) is 24.8 Å². The lowest BCUT2D eigenvalue weighted by atomic mass is 9.82. The topological polar surface area (TPSA) is 121 Å². The van der Waals surface area contributed by atoms with Crippen molar-refractivity contribution >= 4 is 23.6 Å². The Morgan fingerprint density at radius 2 is 1.38 bits per heavy atom. The lowest BCUT2D eigenvalue weighted by molar-refractivity contribution is -0.138. The van der Waals surface area contributed by atoms with Crippen LogP contribution in [0.4, 0.5) is 0 Å². The van der Waals surface area contributed by atoms with E-state index >= 15 is 0 Å². The van der Waals surface area contributed by atoms with Crippen molar-refractivity contribution < 1.29 is 29.4 Å². The van der Waals surface area contributed by atoms with Gasteiger partial charge in [0, 0.05) is 37.3 Å². The molecule has 178 valence electrons. The second-order valence-corrected chi connectivity index (χ2v) is 8.53. The summed E-state index contributed by atoms with van der Waals surface area (Å²) in [5.74, 6) is -2.18. The molecular weight excluding hydrogens is 410 g/mol. The second kappa shape index (κ2) is 14.4. The summed E-state index contributed by atoms with van der Waals surface area (Å²) in [5.41, 5.74) is 0.717. The summed E-state index contributed by atoms with van der Waals surface area (Å²) in [7, 11) is 0. The summed E-state index contributed by atoms with van der Waals surface area (Å²) >= 11 is 0. The summed E-state index contributed by atoms with van der Waals surface area (Å²) in [5, 5.41) is 21.0. The molecule has 7 nitrogen and oxygen atoms in total. The van der Waals surface area contributed by atoms with Crippen molar-refractivity contribution in [3.63, 3.8) is 0 Å². The summed E-state index contributed by atoms with van der Waals surface area (Å²) < 4.78 is 0. The van der Waals surface area contributed by atoms with E-state index in [1.54, 1.807) is 12.1 Å². The first-order valence-corrected chi connectivity index (χ1v) is 11.5. The molecule has 0 heterocycles. The van der Waals surface area contributed by atoms with Gasteiger partial charge in [0.15, 0.2) is 5.78 Å². The van der Waals surface area contributed by atoms with Crippen LogP contribution in [0.5, 0.6) is 0 Å². The number of hydrogen-bond acceptors (Lipinski definition) is 4. The predicted octanol–water partition coefficient (Wildman–Crippen LogP) is 4.77. The third kappa shape index (κ3) is 11.1. The molecule has 1 rings (SSSR count). The number of carboxylic acid groups (broad SMARTS) is 2. The van der Waals surface area contributed by atoms with Crippen molar-refractivity contribution in [3.8, 4) is 0 Å². The van der Waals surface area contributed by atoms with Crippen molar-refractivity contribution in [2.75, 3.05) is 0 Å². The van der Waals surface area contributed by atoms with Crippen LogP contribution in [-0.2, 0) is 20.8 Å². The third-order valence-electron chi connectivity index (χ3n) is 5.75. The van der Waals surface area contributed by atoms with Gasteiger partial charge in [0.2, 0.25) is 5.91 Å². The van der Waals surface area contributed by atoms with Gasteiger partial charge in [-0.05, 0) is 37.7 Å². The fourth-order valence-corrected chi connectivity index (χ4v) is 3.90. The number of carbonyl (C=O) groups is 4. The van der Waals surface area contributed by atoms with Crippen molar-refractivity contribution in [3.05, 3.63) is 35.4 Å². The summed E-state index contributed by atoms with van der Waals surface area (Å²) in [6, 6.07) is 7.35. The number of aliphatic carboxylic acids is 2. The maximum absolute atomic E-state index is 12.4. The van der Waals surface area contributed by atoms with Gasteiger partial charge >= 0.3 is 11.9 Å². The van der Waals surface area contributed by atoms with Crippen LogP contribution in [-0.4, -0.2) is 39.4 Å². The monoisotopic (exact) mass is 447 g/mol. The SMILES string of the molecule is CCCCCCCC(=O)c1ccc(CCC(CCC(=O)O)(CCC(=O)O)NC(C)=O)cc1. The Morgan fingerprint density at radius 1 is 0.812 bits per heavy atom. The van der Waals surface area contributed by atoms with Gasteiger partial charge in [0.25, 0.3) is 0 Å². The largest absolute Gasteiger partial charge is 0.481 e. The highest BCUT2D eigenvalue weighted by Gasteiger charge is 2.32. The highest BCUT2D eigenvalue weighted by Crippen LogP contribution is 2.27. The molecule has 0 aliphatic rings. The van der Waals surface area contributed by atoms with Gasteiger partial charge in [0.1, 0.15) is 0 Å². The van der Waals surface area contributed by atoms with Gasteiger partial charge in [-0.15, -0.1) is 0 Å². The molecule has 1 aromatic carbocycles. The van der Waals surface area contributed by atoms with Crippen molar-refractivity contribution in [1.29, 1.82) is 0 Å². The smallest absolute Gasteiger partial charge is 0.303 e. The molecule has 0 saturated carbocycles. The van der Waals surface area contributed by atoms with Crippen LogP contribution >= 0.6 is 0 Å². The van der Waals surface area contributed by atoms with E-state index in [9.17, 15) is 19.2 Å². The number of benzene rings is 1. The van der Waals surface area contributed by atoms with Gasteiger partial charge < -0.3 is 15.5 Å². The molecule has 7 heteroatoms. The van der Waals surface area contributed by atoms with Gasteiger partial charge in [-0.25, -0.2) is 0 Å². The Hall–Kier alpha value is -2.70. The molecule has 3 N–H and O–H groups in total. The highest BCUT2D eigenvalue weighted by atomic mass is 16.4. The Bertz CT molecular complexity index is 738. The van der Waals surface area contributed by atoms with Gasteiger partial charge in [-0.1, -0.05) is 56.9 Å². The summed E-state index contributed by atoms with van der Waals surface area (Å²) in [4.78, 5) is 46.4. The number of Topliss-reactive ketones (excluding diaryl/α,β-unsaturated/α-hetero) is 1. The Labute approximate surface area is 190 Å². The fraction of sp³-hybridized carbons (Fsp3) is 0.600. The highest BCUT2D eigenvalue weighted by molar-refractivity contribution is 5.96. The van der Waals surface area contributed by atoms with E-state index < -0.39 is 17.5 Å². The van der Waals surface area contributed by atoms with Crippen molar-refractivity contribution in [2.24, 2.45) is 0 Å². The number of nitrogens with one attached hydrogen (secondary N) is 1. The van der Waals surface area contributed by atoms with Crippen LogP contribution in [0.1, 0.15) is 100 Å². The average Bonchev–Trinajstić information content (AvgIpc) is 2.74. The maximum atomic E-state index is 12.4. The van der Waals surface area contributed by atoms with Crippen LogP contribution < -0.4 is 5.32 Å². The van der Waals surface area contributed by atoms with Gasteiger partial charge in [-0.2, -0.15) is 0 Å². The Balaban J connectivity index is 2.78. The molecule has 0 spiro atoms. The minimum atomic E-state index is -0.993. The number of amides is 1. The number of hydrogen-bond donors (Lipinski definition) is 3. The predicted molar refractivity (Wildman–Crippen MR) is 123 cm³/mol. The average molecular weight is 448 g/mol. The number of aryl methyl sites for hydroxylation is 1. The van der Waals surface area contributed by atoms with E-state index in [1.807, 2.05) is 12.1 Å². The van der Waals surface area contributed by atoms with E-state index in [-0.39, 0.29) is 37.4 Å². The van der Waals surface area contributed by atoms with Crippen LogP contribution in [0.3, 0.4) is 0 Å². The first-order chi connectivity index (χ1) is 15.2. The molecule has 0 fully saturated rings. The van der Waals surface area contributed by atoms with Crippen LogP contribution in [0.15, 0.2) is 24.3 Å². The number of carboxylic acids is 2. The first kappa shape index (κ1) is 27.3. The van der Waals surface area contributed by atoms with E-state index in [0.717, 1.165) is 24.8 Å². The maximum Gasteiger partial charge on any atom is 0.303 e. The fourth-order valence-electron chi connectivity index (χ4n) is 3.90. The molecule has 1 amide bonds. The first-order valence-electron chi connectivity index (χ1n) is 11.5. The molecule has 0 aromatic heterocycles. The summed E-state index contributed by atoms with van der Waals surface area (Å²) in [6.45, 7) is 3.50. The molecule has 0 unspecified atom stereocenters. The minimum Gasteiger partial charge on any atom is -0.481 e. The standard InChI is InChI=1S/C25H37NO6/c1-3-4-5-6-7-8-22(28)21-11-9-20(10-12-21)13-16-25(26-19(2)27,17-14-23(29)30)18-15-24(31)32/h9-12H,3-8,13-18H2,1-2H3,(H,26,27)(H,29,30)(H,31,32). The van der Waals surface area contributed by atoms with Crippen LogP contribution in [0, 0.1) is 0 Å². The lowest BCUT2D eigenvalue weighted by Gasteiger charge is -2.34. The number of carbonyl (C=O) groups excluding carboxylic acids is 2. The number of rotatable bonds is 17. The van der Waals surface area contributed by atoms with Crippen LogP contribution in [0.25, 0.3) is 0 Å². The zero-order chi connectivity index (χ0) is 24.0. The zero-order valence-electron chi connectivity index (χ0n) is 19.3. The molecule has 1 aromatic rings. The molecule has 0 atom stereocenters.